The molecule has 5 N–H and O–H groups in total. The minimum absolute atomic E-state index is 0. The smallest absolute Gasteiger partial charge is 0.247 e. The molecule has 0 aliphatic carbocycles. The Morgan fingerprint density at radius 2 is 1.83 bits per heavy atom. The van der Waals surface area contributed by atoms with E-state index in [2.05, 4.69) is 10.6 Å². The van der Waals surface area contributed by atoms with Crippen LogP contribution in [0.5, 0.6) is 0 Å². The second-order valence-electron chi connectivity index (χ2n) is 9.24. The largest absolute Gasteiger partial charge is 0.390 e. The summed E-state index contributed by atoms with van der Waals surface area (Å²) in [5, 5.41) is 17.9. The van der Waals surface area contributed by atoms with E-state index in [1.54, 1.807) is 0 Å². The summed E-state index contributed by atoms with van der Waals surface area (Å²) in [5.41, 5.74) is 6.34. The third-order valence-corrected chi connectivity index (χ3v) is 6.81. The molecule has 1 aliphatic rings. The maximum Gasteiger partial charge on any atom is 0.247 e. The Morgan fingerprint density at radius 1 is 1.14 bits per heavy atom. The van der Waals surface area contributed by atoms with Gasteiger partial charge in [-0.15, -0.1) is 12.4 Å². The van der Waals surface area contributed by atoms with E-state index in [0.717, 1.165) is 22.8 Å². The van der Waals surface area contributed by atoms with E-state index >= 15 is 0 Å². The molecule has 0 radical (unpaired) electrons. The molecule has 1 heterocycles. The van der Waals surface area contributed by atoms with Crippen molar-refractivity contribution in [2.24, 2.45) is 11.7 Å². The molecule has 2 aromatic carbocycles. The van der Waals surface area contributed by atoms with E-state index in [1.165, 1.54) is 4.90 Å². The number of rotatable bonds is 11. The van der Waals surface area contributed by atoms with E-state index in [1.807, 2.05) is 56.3 Å². The number of nitrogens with one attached hydrogen (secondary N) is 2. The Hall–Kier alpha value is -2.52. The zero-order valence-corrected chi connectivity index (χ0v) is 21.9. The van der Waals surface area contributed by atoms with E-state index in [-0.39, 0.29) is 49.6 Å². The molecule has 0 spiro atoms. The van der Waals surface area contributed by atoms with Crippen molar-refractivity contribution in [2.45, 2.75) is 64.1 Å². The van der Waals surface area contributed by atoms with Crippen LogP contribution in [0.15, 0.2) is 42.5 Å². The molecule has 0 bridgehead atoms. The van der Waals surface area contributed by atoms with E-state index in [9.17, 15) is 19.5 Å². The van der Waals surface area contributed by atoms with Gasteiger partial charge in [0.2, 0.25) is 17.7 Å². The molecule has 36 heavy (non-hydrogen) atoms. The molecule has 9 heteroatoms. The average molecular weight is 519 g/mol. The highest BCUT2D eigenvalue weighted by Crippen LogP contribution is 2.23. The van der Waals surface area contributed by atoms with E-state index < -0.39 is 24.1 Å². The molecule has 0 saturated carbocycles. The number of benzene rings is 2. The van der Waals surface area contributed by atoms with Crippen LogP contribution in [0.2, 0.25) is 0 Å². The molecule has 3 amide bonds. The quantitative estimate of drug-likeness (QED) is 0.361. The number of carbonyl (C=O) groups is 3. The first-order chi connectivity index (χ1) is 16.9. The minimum Gasteiger partial charge on any atom is -0.390 e. The third kappa shape index (κ3) is 7.26. The summed E-state index contributed by atoms with van der Waals surface area (Å²) in [6.07, 6.45) is 1.89. The predicted octanol–water partition coefficient (Wildman–Crippen LogP) is 2.15. The van der Waals surface area contributed by atoms with Gasteiger partial charge in [0.15, 0.2) is 0 Å². The zero-order valence-electron chi connectivity index (χ0n) is 21.1. The Labute approximate surface area is 219 Å². The van der Waals surface area contributed by atoms with E-state index in [4.69, 9.17) is 5.73 Å². The lowest BCUT2D eigenvalue weighted by atomic mass is 9.96. The number of carbonyl (C=O) groups excluding carboxylic acids is 3. The highest BCUT2D eigenvalue weighted by Gasteiger charge is 2.40. The van der Waals surface area contributed by atoms with Crippen LogP contribution < -0.4 is 16.4 Å². The lowest BCUT2D eigenvalue weighted by molar-refractivity contribution is -0.155. The zero-order chi connectivity index (χ0) is 25.4. The van der Waals surface area contributed by atoms with Crippen LogP contribution in [0.25, 0.3) is 10.8 Å². The van der Waals surface area contributed by atoms with Gasteiger partial charge in [-0.25, -0.2) is 0 Å². The minimum atomic E-state index is -1.04. The standard InChI is InChI=1S/C27H38N4O4.ClH/c1-3-19(4-2)26(34)31(27(35)23-10-7-13-29-23)24(25(33)30-17-22(32)16-28)15-18-11-12-20-8-5-6-9-21(20)14-18;/h5-6,8-9,11-12,14,19,22-24,29,32H,3-4,7,10,13,15-17,28H2,1-2H3,(H,30,33);1H/t22?,23-,24-;/m1./s1. The summed E-state index contributed by atoms with van der Waals surface area (Å²) in [6.45, 7) is 4.48. The van der Waals surface area contributed by atoms with Crippen LogP contribution in [0.1, 0.15) is 45.1 Å². The number of hydrogen-bond acceptors (Lipinski definition) is 6. The first kappa shape index (κ1) is 29.7. The lowest BCUT2D eigenvalue weighted by Gasteiger charge is -2.34. The van der Waals surface area contributed by atoms with Gasteiger partial charge < -0.3 is 21.5 Å². The molecule has 8 nitrogen and oxygen atoms in total. The first-order valence-electron chi connectivity index (χ1n) is 12.6. The third-order valence-electron chi connectivity index (χ3n) is 6.81. The summed E-state index contributed by atoms with van der Waals surface area (Å²) in [4.78, 5) is 42.0. The monoisotopic (exact) mass is 518 g/mol. The molecule has 2 aromatic rings. The number of aliphatic hydroxyl groups is 1. The fraction of sp³-hybridized carbons (Fsp3) is 0.519. The van der Waals surface area contributed by atoms with Gasteiger partial charge in [-0.05, 0) is 48.6 Å². The molecular weight excluding hydrogens is 480 g/mol. The van der Waals surface area contributed by atoms with Gasteiger partial charge in [-0.2, -0.15) is 0 Å². The van der Waals surface area contributed by atoms with Crippen LogP contribution in [0.4, 0.5) is 0 Å². The number of nitrogens with zero attached hydrogens (tertiary/aromatic N) is 1. The molecule has 3 rings (SSSR count). The summed E-state index contributed by atoms with van der Waals surface area (Å²) in [7, 11) is 0. The number of fused-ring (bicyclic) bond motifs is 1. The maximum absolute atomic E-state index is 13.7. The van der Waals surface area contributed by atoms with Gasteiger partial charge in [-0.3, -0.25) is 19.3 Å². The van der Waals surface area contributed by atoms with Crippen molar-refractivity contribution in [3.63, 3.8) is 0 Å². The molecule has 1 unspecified atom stereocenters. The molecule has 198 valence electrons. The van der Waals surface area contributed by atoms with Crippen molar-refractivity contribution < 1.29 is 19.5 Å². The number of hydrogen-bond donors (Lipinski definition) is 4. The van der Waals surface area contributed by atoms with Crippen LogP contribution in [0.3, 0.4) is 0 Å². The summed E-state index contributed by atoms with van der Waals surface area (Å²) < 4.78 is 0. The van der Waals surface area contributed by atoms with Crippen LogP contribution in [-0.4, -0.2) is 65.5 Å². The molecule has 0 aromatic heterocycles. The van der Waals surface area contributed by atoms with Gasteiger partial charge in [-0.1, -0.05) is 56.3 Å². The van der Waals surface area contributed by atoms with E-state index in [0.29, 0.717) is 25.8 Å². The van der Waals surface area contributed by atoms with Crippen LogP contribution in [0, 0.1) is 5.92 Å². The topological polar surface area (TPSA) is 125 Å². The van der Waals surface area contributed by atoms with Crippen molar-refractivity contribution in [1.29, 1.82) is 0 Å². The number of imide groups is 1. The molecule has 3 atom stereocenters. The first-order valence-corrected chi connectivity index (χ1v) is 12.6. The van der Waals surface area contributed by atoms with Crippen molar-refractivity contribution in [1.82, 2.24) is 15.5 Å². The van der Waals surface area contributed by atoms with Crippen molar-refractivity contribution >= 4 is 40.9 Å². The fourth-order valence-electron chi connectivity index (χ4n) is 4.62. The van der Waals surface area contributed by atoms with Crippen LogP contribution >= 0.6 is 12.4 Å². The highest BCUT2D eigenvalue weighted by atomic mass is 35.5. The predicted molar refractivity (Wildman–Crippen MR) is 144 cm³/mol. The SMILES string of the molecule is CCC(CC)C(=O)N(C(=O)[C@H]1CCCN1)[C@H](Cc1ccc2ccccc2c1)C(=O)NCC(O)CN.Cl. The van der Waals surface area contributed by atoms with Gasteiger partial charge >= 0.3 is 0 Å². The van der Waals surface area contributed by atoms with Crippen molar-refractivity contribution in [3.05, 3.63) is 48.0 Å². The van der Waals surface area contributed by atoms with Crippen molar-refractivity contribution in [2.75, 3.05) is 19.6 Å². The number of halogens is 1. The number of amides is 3. The van der Waals surface area contributed by atoms with Gasteiger partial charge in [0, 0.05) is 25.4 Å². The molecule has 1 saturated heterocycles. The summed E-state index contributed by atoms with van der Waals surface area (Å²) in [5.74, 6) is -1.52. The van der Waals surface area contributed by atoms with Crippen LogP contribution in [-0.2, 0) is 20.8 Å². The molecular formula is C27H39ClN4O4. The Kier molecular flexibility index (Phi) is 11.8. The van der Waals surface area contributed by atoms with Gasteiger partial charge in [0.1, 0.15) is 6.04 Å². The molecule has 1 aliphatic heterocycles. The highest BCUT2D eigenvalue weighted by molar-refractivity contribution is 6.03. The second-order valence-corrected chi connectivity index (χ2v) is 9.24. The summed E-state index contributed by atoms with van der Waals surface area (Å²) >= 11 is 0. The lowest BCUT2D eigenvalue weighted by Crippen LogP contribution is -2.59. The molecule has 1 fully saturated rings. The van der Waals surface area contributed by atoms with Gasteiger partial charge in [0.05, 0.1) is 12.1 Å². The Balaban J connectivity index is 0.00000456. The summed E-state index contributed by atoms with van der Waals surface area (Å²) in [6, 6.07) is 12.3. The fourth-order valence-corrected chi connectivity index (χ4v) is 4.62. The Morgan fingerprint density at radius 3 is 2.44 bits per heavy atom. The normalized spacial score (nSPS) is 16.9. The van der Waals surface area contributed by atoms with Gasteiger partial charge in [0.25, 0.3) is 0 Å². The Bertz CT molecular complexity index is 1010. The number of nitrogens with two attached hydrogens (primary N) is 1. The number of aliphatic hydroxyl groups excluding tert-OH is 1. The van der Waals surface area contributed by atoms with Crippen molar-refractivity contribution in [3.8, 4) is 0 Å². The average Bonchev–Trinajstić information content (AvgIpc) is 3.42. The second kappa shape index (κ2) is 14.3. The maximum atomic E-state index is 13.7.